The van der Waals surface area contributed by atoms with Crippen LogP contribution in [-0.2, 0) is 9.53 Å². The summed E-state index contributed by atoms with van der Waals surface area (Å²) in [5.41, 5.74) is 0. The number of aliphatic hydroxyl groups is 1. The minimum absolute atomic E-state index is 0.0682. The molecule has 0 unspecified atom stereocenters. The lowest BCUT2D eigenvalue weighted by atomic mass is 9.64. The number of fused-ring (bicyclic) bond motifs is 1. The number of hydrogen-bond acceptors (Lipinski definition) is 3. The predicted octanol–water partition coefficient (Wildman–Crippen LogP) is 3.46. The smallest absolute Gasteiger partial charge is 0.308 e. The molecule has 0 spiro atoms. The average Bonchev–Trinajstić information content (AvgIpc) is 2.45. The van der Waals surface area contributed by atoms with Crippen LogP contribution in [0.3, 0.4) is 0 Å². The fraction of sp³-hybridized carbons (Fsp3) is 0.833. The molecule has 3 aliphatic rings. The fourth-order valence-corrected chi connectivity index (χ4v) is 4.70. The normalized spacial score (nSPS) is 43.2. The van der Waals surface area contributed by atoms with Crippen LogP contribution in [0.25, 0.3) is 0 Å². The molecule has 1 saturated carbocycles. The third-order valence-electron chi connectivity index (χ3n) is 5.82. The van der Waals surface area contributed by atoms with E-state index in [1.165, 1.54) is 25.7 Å². The molecule has 0 amide bonds. The lowest BCUT2D eigenvalue weighted by molar-refractivity contribution is -0.160. The summed E-state index contributed by atoms with van der Waals surface area (Å²) in [5.74, 6) is 2.72. The van der Waals surface area contributed by atoms with Crippen molar-refractivity contribution < 1.29 is 14.6 Å². The minimum atomic E-state index is -0.498. The Bertz CT molecular complexity index is 403. The number of cyclic esters (lactones) is 1. The van der Waals surface area contributed by atoms with Gasteiger partial charge in [-0.2, -0.15) is 0 Å². The summed E-state index contributed by atoms with van der Waals surface area (Å²) in [6, 6.07) is 0. The van der Waals surface area contributed by atoms with Crippen molar-refractivity contribution in [3.63, 3.8) is 0 Å². The van der Waals surface area contributed by atoms with Gasteiger partial charge >= 0.3 is 5.97 Å². The van der Waals surface area contributed by atoms with Gasteiger partial charge in [0.05, 0.1) is 12.5 Å². The summed E-state index contributed by atoms with van der Waals surface area (Å²) in [6.45, 7) is 2.33. The third kappa shape index (κ3) is 3.50. The first-order valence-electron chi connectivity index (χ1n) is 8.69. The van der Waals surface area contributed by atoms with Gasteiger partial charge in [0, 0.05) is 6.42 Å². The van der Waals surface area contributed by atoms with E-state index in [0.717, 1.165) is 30.6 Å². The Morgan fingerprint density at radius 1 is 1.24 bits per heavy atom. The molecule has 3 nitrogen and oxygen atoms in total. The number of hydrogen-bond donors (Lipinski definition) is 1. The second kappa shape index (κ2) is 6.51. The van der Waals surface area contributed by atoms with Crippen LogP contribution in [0.15, 0.2) is 12.2 Å². The van der Waals surface area contributed by atoms with Gasteiger partial charge in [0.15, 0.2) is 0 Å². The van der Waals surface area contributed by atoms with Crippen molar-refractivity contribution >= 4 is 5.97 Å². The van der Waals surface area contributed by atoms with E-state index in [1.807, 2.05) is 0 Å². The van der Waals surface area contributed by atoms with Crippen LogP contribution in [0.2, 0.25) is 0 Å². The first kappa shape index (κ1) is 15.1. The van der Waals surface area contributed by atoms with Gasteiger partial charge in [-0.05, 0) is 49.4 Å². The summed E-state index contributed by atoms with van der Waals surface area (Å²) < 4.78 is 5.40. The standard InChI is InChI=1S/C18H28O3/c1-12-6-7-13-4-2-3-5-17(13)16(12)9-8-15-10-14(19)11-18(20)21-15/h6-7,12-17,19H,2-5,8-11H2,1H3/t12-,13-,14+,15-,16-,17+/m1/s1. The van der Waals surface area contributed by atoms with Gasteiger partial charge in [-0.25, -0.2) is 0 Å². The van der Waals surface area contributed by atoms with Crippen molar-refractivity contribution in [2.75, 3.05) is 0 Å². The number of carbonyl (C=O) groups excluding carboxylic acids is 1. The van der Waals surface area contributed by atoms with E-state index in [0.29, 0.717) is 12.3 Å². The molecular weight excluding hydrogens is 264 g/mol. The second-order valence-corrected chi connectivity index (χ2v) is 7.30. The maximum atomic E-state index is 11.4. The van der Waals surface area contributed by atoms with Gasteiger partial charge in [-0.1, -0.05) is 31.9 Å². The highest BCUT2D eigenvalue weighted by molar-refractivity contribution is 5.70. The number of allylic oxidation sites excluding steroid dienone is 2. The predicted molar refractivity (Wildman–Crippen MR) is 81.6 cm³/mol. The van der Waals surface area contributed by atoms with Crippen molar-refractivity contribution in [3.05, 3.63) is 12.2 Å². The van der Waals surface area contributed by atoms with Crippen LogP contribution in [-0.4, -0.2) is 23.3 Å². The zero-order valence-corrected chi connectivity index (χ0v) is 13.0. The van der Waals surface area contributed by atoms with Crippen LogP contribution in [0, 0.1) is 23.7 Å². The summed E-state index contributed by atoms with van der Waals surface area (Å²) >= 11 is 0. The monoisotopic (exact) mass is 292 g/mol. The molecule has 118 valence electrons. The number of aliphatic hydroxyl groups excluding tert-OH is 1. The molecular formula is C18H28O3. The van der Waals surface area contributed by atoms with E-state index in [1.54, 1.807) is 0 Å². The minimum Gasteiger partial charge on any atom is -0.462 e. The first-order valence-corrected chi connectivity index (χ1v) is 8.69. The van der Waals surface area contributed by atoms with Gasteiger partial charge in [0.25, 0.3) is 0 Å². The van der Waals surface area contributed by atoms with E-state index in [4.69, 9.17) is 4.74 Å². The molecule has 2 aliphatic carbocycles. The molecule has 3 heteroatoms. The van der Waals surface area contributed by atoms with Gasteiger partial charge in [-0.3, -0.25) is 4.79 Å². The molecule has 1 aliphatic heterocycles. The highest BCUT2D eigenvalue weighted by atomic mass is 16.5. The maximum absolute atomic E-state index is 11.4. The molecule has 21 heavy (non-hydrogen) atoms. The SMILES string of the molecule is C[C@@H]1C=C[C@H]2CCCC[C@@H]2[C@@H]1CC[C@@H]1C[C@H](O)CC(=O)O1. The average molecular weight is 292 g/mol. The summed E-state index contributed by atoms with van der Waals surface area (Å²) in [7, 11) is 0. The van der Waals surface area contributed by atoms with Gasteiger partial charge < -0.3 is 9.84 Å². The van der Waals surface area contributed by atoms with Crippen molar-refractivity contribution in [1.82, 2.24) is 0 Å². The molecule has 3 rings (SSSR count). The highest BCUT2D eigenvalue weighted by Crippen LogP contribution is 2.45. The topological polar surface area (TPSA) is 46.5 Å². The van der Waals surface area contributed by atoms with Gasteiger partial charge in [0.2, 0.25) is 0 Å². The number of ether oxygens (including phenoxy) is 1. The Kier molecular flexibility index (Phi) is 4.68. The highest BCUT2D eigenvalue weighted by Gasteiger charge is 2.36. The summed E-state index contributed by atoms with van der Waals surface area (Å²) in [4.78, 5) is 11.4. The molecule has 0 bridgehead atoms. The van der Waals surface area contributed by atoms with Gasteiger partial charge in [0.1, 0.15) is 6.10 Å². The first-order chi connectivity index (χ1) is 10.1. The van der Waals surface area contributed by atoms with E-state index in [-0.39, 0.29) is 18.5 Å². The van der Waals surface area contributed by atoms with E-state index in [2.05, 4.69) is 19.1 Å². The van der Waals surface area contributed by atoms with Crippen LogP contribution in [0.4, 0.5) is 0 Å². The van der Waals surface area contributed by atoms with Crippen molar-refractivity contribution in [1.29, 1.82) is 0 Å². The second-order valence-electron chi connectivity index (χ2n) is 7.30. The quantitative estimate of drug-likeness (QED) is 0.640. The molecule has 1 N–H and O–H groups in total. The molecule has 1 heterocycles. The maximum Gasteiger partial charge on any atom is 0.308 e. The van der Waals surface area contributed by atoms with Crippen LogP contribution >= 0.6 is 0 Å². The summed E-state index contributed by atoms with van der Waals surface area (Å²) in [5, 5.41) is 9.71. The fourth-order valence-electron chi connectivity index (χ4n) is 4.70. The Morgan fingerprint density at radius 2 is 2.05 bits per heavy atom. The molecule has 2 fully saturated rings. The molecule has 1 saturated heterocycles. The zero-order chi connectivity index (χ0) is 14.8. The molecule has 0 aromatic heterocycles. The molecule has 0 aromatic rings. The number of rotatable bonds is 3. The summed E-state index contributed by atoms with van der Waals surface area (Å²) in [6.07, 6.45) is 12.6. The molecule has 0 radical (unpaired) electrons. The Hall–Kier alpha value is -0.830. The van der Waals surface area contributed by atoms with Crippen molar-refractivity contribution in [2.45, 2.75) is 70.5 Å². The van der Waals surface area contributed by atoms with E-state index < -0.39 is 6.10 Å². The van der Waals surface area contributed by atoms with E-state index >= 15 is 0 Å². The van der Waals surface area contributed by atoms with Crippen LogP contribution in [0.5, 0.6) is 0 Å². The molecule has 0 aromatic carbocycles. The largest absolute Gasteiger partial charge is 0.462 e. The molecule has 6 atom stereocenters. The lowest BCUT2D eigenvalue weighted by Crippen LogP contribution is -2.36. The third-order valence-corrected chi connectivity index (χ3v) is 5.82. The van der Waals surface area contributed by atoms with Gasteiger partial charge in [-0.15, -0.1) is 0 Å². The lowest BCUT2D eigenvalue weighted by Gasteiger charge is -2.42. The number of carbonyl (C=O) groups is 1. The van der Waals surface area contributed by atoms with Crippen molar-refractivity contribution in [3.8, 4) is 0 Å². The van der Waals surface area contributed by atoms with Crippen LogP contribution < -0.4 is 0 Å². The Morgan fingerprint density at radius 3 is 2.86 bits per heavy atom. The Labute approximate surface area is 127 Å². The zero-order valence-electron chi connectivity index (χ0n) is 13.0. The van der Waals surface area contributed by atoms with Crippen LogP contribution in [0.1, 0.15) is 58.3 Å². The van der Waals surface area contributed by atoms with E-state index in [9.17, 15) is 9.90 Å². The number of esters is 1. The van der Waals surface area contributed by atoms with Crippen molar-refractivity contribution in [2.24, 2.45) is 23.7 Å². The Balaban J connectivity index is 1.58.